The highest BCUT2D eigenvalue weighted by molar-refractivity contribution is 5.96. The third kappa shape index (κ3) is 7.92. The first-order valence-electron chi connectivity index (χ1n) is 14.3. The Morgan fingerprint density at radius 2 is 1.47 bits per heavy atom. The van der Waals surface area contributed by atoms with Gasteiger partial charge in [-0.1, -0.05) is 30.3 Å². The predicted molar refractivity (Wildman–Crippen MR) is 147 cm³/mol. The lowest BCUT2D eigenvalue weighted by molar-refractivity contribution is -0.149. The molecule has 1 N–H and O–H groups in total. The maximum Gasteiger partial charge on any atom is 0.308 e. The van der Waals surface area contributed by atoms with Gasteiger partial charge in [-0.05, 0) is 100 Å². The predicted octanol–water partition coefficient (Wildman–Crippen LogP) is 6.24. The van der Waals surface area contributed by atoms with E-state index in [4.69, 9.17) is 9.47 Å². The second kappa shape index (κ2) is 14.1. The Labute approximate surface area is 226 Å². The third-order valence-corrected chi connectivity index (χ3v) is 8.02. The Kier molecular flexibility index (Phi) is 10.4. The number of Topliss-reactive ketones (excluding diaryl/α,β-unsaturated/α-hetero) is 1. The summed E-state index contributed by atoms with van der Waals surface area (Å²) in [5.41, 5.74) is 2.04. The molecule has 0 saturated heterocycles. The second-order valence-electron chi connectivity index (χ2n) is 10.6. The first-order valence-corrected chi connectivity index (χ1v) is 14.3. The molecule has 2 aromatic rings. The number of ether oxygens (including phenoxy) is 2. The molecule has 0 aromatic heterocycles. The first kappa shape index (κ1) is 27.9. The van der Waals surface area contributed by atoms with E-state index in [2.05, 4.69) is 29.6 Å². The van der Waals surface area contributed by atoms with Gasteiger partial charge in [0.15, 0.2) is 5.78 Å². The molecule has 1 amide bonds. The maximum absolute atomic E-state index is 12.6. The molecule has 6 heteroatoms. The number of ketones is 1. The molecule has 6 nitrogen and oxygen atoms in total. The van der Waals surface area contributed by atoms with Crippen molar-refractivity contribution in [2.75, 3.05) is 13.2 Å². The van der Waals surface area contributed by atoms with Crippen molar-refractivity contribution in [2.24, 2.45) is 11.8 Å². The summed E-state index contributed by atoms with van der Waals surface area (Å²) in [4.78, 5) is 37.1. The normalized spacial score (nSPS) is 23.3. The fourth-order valence-corrected chi connectivity index (χ4v) is 5.75. The topological polar surface area (TPSA) is 81.7 Å². The Bertz CT molecular complexity index is 1040. The zero-order valence-electron chi connectivity index (χ0n) is 22.5. The van der Waals surface area contributed by atoms with E-state index in [0.717, 1.165) is 57.1 Å². The third-order valence-electron chi connectivity index (χ3n) is 8.02. The molecule has 0 heterocycles. The molecule has 0 atom stereocenters. The summed E-state index contributed by atoms with van der Waals surface area (Å²) in [7, 11) is 0. The van der Waals surface area contributed by atoms with E-state index in [0.29, 0.717) is 37.5 Å². The van der Waals surface area contributed by atoms with Gasteiger partial charge in [0.1, 0.15) is 5.75 Å². The van der Waals surface area contributed by atoms with Gasteiger partial charge in [0.05, 0.1) is 18.6 Å². The molecule has 4 rings (SSSR count). The molecule has 0 unspecified atom stereocenters. The van der Waals surface area contributed by atoms with E-state index in [1.54, 1.807) is 0 Å². The highest BCUT2D eigenvalue weighted by Crippen LogP contribution is 2.35. The SMILES string of the molecule is CCOC(=O)C1CCC(Oc2ccc(C(=O)CCCNC(=O)C3CCC(c4ccccc4)CC3)cc2)CC1. The number of esters is 1. The number of carbonyl (C=O) groups excluding carboxylic acids is 3. The summed E-state index contributed by atoms with van der Waals surface area (Å²) < 4.78 is 11.2. The average molecular weight is 520 g/mol. The van der Waals surface area contributed by atoms with E-state index in [-0.39, 0.29) is 35.6 Å². The molecular formula is C32H41NO5. The summed E-state index contributed by atoms with van der Waals surface area (Å²) in [6.07, 6.45) is 8.28. The van der Waals surface area contributed by atoms with Crippen molar-refractivity contribution in [3.05, 3.63) is 65.7 Å². The average Bonchev–Trinajstić information content (AvgIpc) is 2.96. The summed E-state index contributed by atoms with van der Waals surface area (Å²) in [5, 5.41) is 3.05. The van der Waals surface area contributed by atoms with Crippen LogP contribution in [-0.2, 0) is 14.3 Å². The quantitative estimate of drug-likeness (QED) is 0.216. The molecule has 2 aliphatic carbocycles. The Morgan fingerprint density at radius 3 is 2.13 bits per heavy atom. The van der Waals surface area contributed by atoms with Gasteiger partial charge in [-0.3, -0.25) is 14.4 Å². The van der Waals surface area contributed by atoms with Crippen molar-refractivity contribution in [2.45, 2.75) is 83.2 Å². The summed E-state index contributed by atoms with van der Waals surface area (Å²) in [6.45, 7) is 2.78. The van der Waals surface area contributed by atoms with Crippen molar-refractivity contribution in [3.8, 4) is 5.75 Å². The molecule has 0 bridgehead atoms. The molecule has 0 aliphatic heterocycles. The number of benzene rings is 2. The Hall–Kier alpha value is -3.15. The van der Waals surface area contributed by atoms with Crippen LogP contribution in [0.15, 0.2) is 54.6 Å². The lowest BCUT2D eigenvalue weighted by Crippen LogP contribution is -2.33. The standard InChI is InChI=1S/C32H41NO5/c1-2-37-32(36)27-16-20-29(21-17-27)38-28-18-14-25(15-19-28)30(34)9-6-22-33-31(35)26-12-10-24(11-13-26)23-7-4-3-5-8-23/h3-5,7-8,14-15,18-19,24,26-27,29H,2,6,9-13,16-17,20-22H2,1H3,(H,33,35). The Balaban J connectivity index is 1.11. The molecule has 2 fully saturated rings. The molecule has 38 heavy (non-hydrogen) atoms. The minimum atomic E-state index is -0.0978. The highest BCUT2D eigenvalue weighted by atomic mass is 16.5. The van der Waals surface area contributed by atoms with E-state index in [9.17, 15) is 14.4 Å². The molecule has 0 radical (unpaired) electrons. The minimum Gasteiger partial charge on any atom is -0.490 e. The fourth-order valence-electron chi connectivity index (χ4n) is 5.75. The van der Waals surface area contributed by atoms with E-state index in [1.807, 2.05) is 37.3 Å². The van der Waals surface area contributed by atoms with Crippen LogP contribution in [0.1, 0.15) is 93.0 Å². The molecular weight excluding hydrogens is 478 g/mol. The van der Waals surface area contributed by atoms with Gasteiger partial charge in [-0.15, -0.1) is 0 Å². The van der Waals surface area contributed by atoms with Crippen LogP contribution in [0.2, 0.25) is 0 Å². The van der Waals surface area contributed by atoms with Crippen LogP contribution in [-0.4, -0.2) is 36.9 Å². The van der Waals surface area contributed by atoms with Gasteiger partial charge in [-0.2, -0.15) is 0 Å². The van der Waals surface area contributed by atoms with Crippen LogP contribution in [0.3, 0.4) is 0 Å². The van der Waals surface area contributed by atoms with Crippen molar-refractivity contribution < 1.29 is 23.9 Å². The van der Waals surface area contributed by atoms with Gasteiger partial charge in [-0.25, -0.2) is 0 Å². The van der Waals surface area contributed by atoms with Gasteiger partial charge in [0.2, 0.25) is 5.91 Å². The van der Waals surface area contributed by atoms with Crippen molar-refractivity contribution >= 4 is 17.7 Å². The van der Waals surface area contributed by atoms with Crippen LogP contribution >= 0.6 is 0 Å². The summed E-state index contributed by atoms with van der Waals surface area (Å²) in [5.74, 6) is 1.47. The lowest BCUT2D eigenvalue weighted by atomic mass is 9.78. The monoisotopic (exact) mass is 519 g/mol. The highest BCUT2D eigenvalue weighted by Gasteiger charge is 2.28. The number of hydrogen-bond donors (Lipinski definition) is 1. The fraction of sp³-hybridized carbons (Fsp3) is 0.531. The van der Waals surface area contributed by atoms with Crippen molar-refractivity contribution in [3.63, 3.8) is 0 Å². The van der Waals surface area contributed by atoms with Crippen LogP contribution in [0.25, 0.3) is 0 Å². The van der Waals surface area contributed by atoms with Crippen LogP contribution in [0.4, 0.5) is 0 Å². The van der Waals surface area contributed by atoms with E-state index < -0.39 is 0 Å². The largest absolute Gasteiger partial charge is 0.490 e. The zero-order valence-corrected chi connectivity index (χ0v) is 22.5. The molecule has 2 saturated carbocycles. The molecule has 2 aromatic carbocycles. The number of carbonyl (C=O) groups is 3. The smallest absolute Gasteiger partial charge is 0.308 e. The summed E-state index contributed by atoms with van der Waals surface area (Å²) in [6, 6.07) is 17.9. The minimum absolute atomic E-state index is 0.0192. The van der Waals surface area contributed by atoms with Crippen LogP contribution in [0.5, 0.6) is 5.75 Å². The number of hydrogen-bond acceptors (Lipinski definition) is 5. The van der Waals surface area contributed by atoms with Crippen molar-refractivity contribution in [1.82, 2.24) is 5.32 Å². The van der Waals surface area contributed by atoms with Crippen LogP contribution < -0.4 is 10.1 Å². The lowest BCUT2D eigenvalue weighted by Gasteiger charge is -2.28. The van der Waals surface area contributed by atoms with Crippen molar-refractivity contribution in [1.29, 1.82) is 0 Å². The molecule has 204 valence electrons. The number of rotatable bonds is 11. The summed E-state index contributed by atoms with van der Waals surface area (Å²) >= 11 is 0. The Morgan fingerprint density at radius 1 is 0.816 bits per heavy atom. The van der Waals surface area contributed by atoms with E-state index in [1.165, 1.54) is 5.56 Å². The first-order chi connectivity index (χ1) is 18.5. The van der Waals surface area contributed by atoms with Crippen LogP contribution in [0, 0.1) is 11.8 Å². The number of amides is 1. The van der Waals surface area contributed by atoms with Gasteiger partial charge >= 0.3 is 5.97 Å². The van der Waals surface area contributed by atoms with Gasteiger partial charge in [0, 0.05) is 24.4 Å². The number of nitrogens with one attached hydrogen (secondary N) is 1. The zero-order chi connectivity index (χ0) is 26.7. The van der Waals surface area contributed by atoms with E-state index >= 15 is 0 Å². The van der Waals surface area contributed by atoms with Gasteiger partial charge in [0.25, 0.3) is 0 Å². The molecule has 2 aliphatic rings. The molecule has 0 spiro atoms. The second-order valence-corrected chi connectivity index (χ2v) is 10.6. The maximum atomic E-state index is 12.6. The van der Waals surface area contributed by atoms with Gasteiger partial charge < -0.3 is 14.8 Å².